The van der Waals surface area contributed by atoms with Crippen molar-refractivity contribution in [1.29, 1.82) is 0 Å². The Kier molecular flexibility index (Phi) is 4.90. The number of hydrogen-bond acceptors (Lipinski definition) is 6. The Balaban J connectivity index is 1.46. The van der Waals surface area contributed by atoms with Gasteiger partial charge in [-0.3, -0.25) is 9.13 Å². The molecule has 4 aromatic rings. The summed E-state index contributed by atoms with van der Waals surface area (Å²) in [4.78, 5) is 16.3. The highest BCUT2D eigenvalue weighted by molar-refractivity contribution is 5.64. The summed E-state index contributed by atoms with van der Waals surface area (Å²) in [7, 11) is 0. The molecule has 0 N–H and O–H groups in total. The molecule has 8 nitrogen and oxygen atoms in total. The van der Waals surface area contributed by atoms with E-state index in [1.54, 1.807) is 23.2 Å². The molecular formula is C24H23F3N8. The first-order chi connectivity index (χ1) is 16.9. The van der Waals surface area contributed by atoms with Crippen LogP contribution in [0.4, 0.5) is 19.0 Å². The van der Waals surface area contributed by atoms with Gasteiger partial charge < -0.3 is 4.90 Å². The van der Waals surface area contributed by atoms with Crippen LogP contribution in [-0.2, 0) is 6.18 Å². The molecule has 1 aliphatic carbocycles. The second-order valence-electron chi connectivity index (χ2n) is 8.93. The van der Waals surface area contributed by atoms with E-state index in [4.69, 9.17) is 4.98 Å². The van der Waals surface area contributed by atoms with Gasteiger partial charge in [-0.25, -0.2) is 9.97 Å². The summed E-state index contributed by atoms with van der Waals surface area (Å²) >= 11 is 0. The first-order valence-electron chi connectivity index (χ1n) is 11.7. The fourth-order valence-electron chi connectivity index (χ4n) is 4.94. The van der Waals surface area contributed by atoms with Crippen molar-refractivity contribution < 1.29 is 13.2 Å². The van der Waals surface area contributed by atoms with E-state index in [0.29, 0.717) is 23.4 Å². The first-order valence-corrected chi connectivity index (χ1v) is 11.7. The lowest BCUT2D eigenvalue weighted by Gasteiger charge is -2.45. The van der Waals surface area contributed by atoms with Crippen LogP contribution in [0.1, 0.15) is 55.9 Å². The minimum absolute atomic E-state index is 0.0499. The maximum absolute atomic E-state index is 13.0. The van der Waals surface area contributed by atoms with E-state index in [-0.39, 0.29) is 6.04 Å². The standard InChI is InChI=1S/C24H23F3N8/c1-3-18-22-32-31-14(2)34(22)19-13-29-23(30-21(19)35(18)17-5-4-6-17)33-12-11-28-20(33)15-7-9-16(10-8-15)24(25,26)27/h7-13,17-18H,3-6H2,1-2H3. The van der Waals surface area contributed by atoms with E-state index >= 15 is 0 Å². The number of rotatable bonds is 4. The molecule has 1 saturated carbocycles. The lowest BCUT2D eigenvalue weighted by molar-refractivity contribution is -0.137. The molecule has 0 amide bonds. The fraction of sp³-hybridized carbons (Fsp3) is 0.375. The Morgan fingerprint density at radius 2 is 1.83 bits per heavy atom. The number of alkyl halides is 3. The third kappa shape index (κ3) is 3.40. The van der Waals surface area contributed by atoms with E-state index in [0.717, 1.165) is 54.5 Å². The van der Waals surface area contributed by atoms with Crippen LogP contribution in [0.25, 0.3) is 23.0 Å². The second-order valence-corrected chi connectivity index (χ2v) is 8.93. The van der Waals surface area contributed by atoms with E-state index in [2.05, 4.69) is 32.0 Å². The molecule has 0 spiro atoms. The molecule has 3 aromatic heterocycles. The predicted octanol–water partition coefficient (Wildman–Crippen LogP) is 5.06. The van der Waals surface area contributed by atoms with Gasteiger partial charge in [0.05, 0.1) is 17.8 Å². The summed E-state index contributed by atoms with van der Waals surface area (Å²) in [6, 6.07) is 5.37. The molecule has 1 fully saturated rings. The molecule has 1 atom stereocenters. The first kappa shape index (κ1) is 21.8. The molecule has 180 valence electrons. The fourth-order valence-corrected chi connectivity index (χ4v) is 4.94. The summed E-state index contributed by atoms with van der Waals surface area (Å²) in [5, 5.41) is 8.79. The van der Waals surface area contributed by atoms with Crippen LogP contribution in [0.15, 0.2) is 42.9 Å². The van der Waals surface area contributed by atoms with Crippen molar-refractivity contribution >= 4 is 5.82 Å². The third-order valence-corrected chi connectivity index (χ3v) is 6.89. The topological polar surface area (TPSA) is 77.5 Å². The van der Waals surface area contributed by atoms with Crippen LogP contribution in [0.3, 0.4) is 0 Å². The molecule has 35 heavy (non-hydrogen) atoms. The number of aryl methyl sites for hydroxylation is 1. The van der Waals surface area contributed by atoms with Gasteiger partial charge in [-0.05, 0) is 44.7 Å². The van der Waals surface area contributed by atoms with Gasteiger partial charge in [0, 0.05) is 24.0 Å². The number of imidazole rings is 1. The molecule has 0 radical (unpaired) electrons. The van der Waals surface area contributed by atoms with Gasteiger partial charge in [-0.2, -0.15) is 18.2 Å². The van der Waals surface area contributed by atoms with Gasteiger partial charge in [0.25, 0.3) is 0 Å². The van der Waals surface area contributed by atoms with E-state index < -0.39 is 11.7 Å². The van der Waals surface area contributed by atoms with E-state index in [1.165, 1.54) is 18.6 Å². The zero-order valence-electron chi connectivity index (χ0n) is 19.2. The monoisotopic (exact) mass is 480 g/mol. The normalized spacial score (nSPS) is 17.7. The average molecular weight is 480 g/mol. The molecule has 1 unspecified atom stereocenters. The van der Waals surface area contributed by atoms with Crippen LogP contribution in [0.5, 0.6) is 0 Å². The van der Waals surface area contributed by atoms with Crippen molar-refractivity contribution in [3.8, 4) is 23.0 Å². The minimum Gasteiger partial charge on any atom is -0.341 e. The third-order valence-electron chi connectivity index (χ3n) is 6.89. The van der Waals surface area contributed by atoms with Gasteiger partial charge in [0.2, 0.25) is 5.95 Å². The van der Waals surface area contributed by atoms with Gasteiger partial charge in [0.1, 0.15) is 17.3 Å². The quantitative estimate of drug-likeness (QED) is 0.406. The van der Waals surface area contributed by atoms with Crippen molar-refractivity contribution in [2.75, 3.05) is 4.90 Å². The number of nitrogens with zero attached hydrogens (tertiary/aromatic N) is 8. The number of anilines is 1. The van der Waals surface area contributed by atoms with Crippen LogP contribution in [0, 0.1) is 6.92 Å². The molecule has 2 aliphatic rings. The molecule has 6 rings (SSSR count). The Morgan fingerprint density at radius 3 is 2.49 bits per heavy atom. The van der Waals surface area contributed by atoms with Gasteiger partial charge in [-0.1, -0.05) is 19.1 Å². The highest BCUT2D eigenvalue weighted by Crippen LogP contribution is 2.44. The molecule has 11 heteroatoms. The van der Waals surface area contributed by atoms with Gasteiger partial charge in [0.15, 0.2) is 11.6 Å². The summed E-state index contributed by atoms with van der Waals surface area (Å²) in [5.41, 5.74) is 0.675. The van der Waals surface area contributed by atoms with Crippen LogP contribution in [0.2, 0.25) is 0 Å². The van der Waals surface area contributed by atoms with E-state index in [1.807, 2.05) is 11.5 Å². The van der Waals surface area contributed by atoms with Crippen LogP contribution < -0.4 is 4.90 Å². The zero-order valence-corrected chi connectivity index (χ0v) is 19.2. The molecule has 0 saturated heterocycles. The number of hydrogen-bond donors (Lipinski definition) is 0. The van der Waals surface area contributed by atoms with E-state index in [9.17, 15) is 13.2 Å². The number of halogens is 3. The van der Waals surface area contributed by atoms with Crippen molar-refractivity contribution in [3.05, 3.63) is 60.1 Å². The molecule has 4 heterocycles. The maximum atomic E-state index is 13.0. The van der Waals surface area contributed by atoms with Gasteiger partial charge >= 0.3 is 6.18 Å². The number of benzene rings is 1. The molecule has 1 aromatic carbocycles. The SMILES string of the molecule is CCC1c2nnc(C)n2-c2cnc(-n3ccnc3-c3ccc(C(F)(F)F)cc3)nc2N1C1CCC1. The smallest absolute Gasteiger partial charge is 0.341 e. The lowest BCUT2D eigenvalue weighted by atomic mass is 9.89. The highest BCUT2D eigenvalue weighted by Gasteiger charge is 2.40. The summed E-state index contributed by atoms with van der Waals surface area (Å²) in [6.07, 6.45) is 4.90. The van der Waals surface area contributed by atoms with Crippen molar-refractivity contribution in [2.45, 2.75) is 57.8 Å². The summed E-state index contributed by atoms with van der Waals surface area (Å²) in [5.74, 6) is 3.36. The van der Waals surface area contributed by atoms with Gasteiger partial charge in [-0.15, -0.1) is 10.2 Å². The van der Waals surface area contributed by atoms with Crippen LogP contribution in [-0.4, -0.2) is 40.3 Å². The summed E-state index contributed by atoms with van der Waals surface area (Å²) < 4.78 is 42.8. The second kappa shape index (κ2) is 7.89. The van der Waals surface area contributed by atoms with Crippen LogP contribution >= 0.6 is 0 Å². The van der Waals surface area contributed by atoms with Crippen molar-refractivity contribution in [3.63, 3.8) is 0 Å². The number of aromatic nitrogens is 7. The Bertz CT molecular complexity index is 1380. The molecular weight excluding hydrogens is 457 g/mol. The van der Waals surface area contributed by atoms with Crippen molar-refractivity contribution in [1.82, 2.24) is 34.3 Å². The summed E-state index contributed by atoms with van der Waals surface area (Å²) in [6.45, 7) is 4.05. The predicted molar refractivity (Wildman–Crippen MR) is 122 cm³/mol. The van der Waals surface area contributed by atoms with Crippen molar-refractivity contribution in [2.24, 2.45) is 0 Å². The lowest BCUT2D eigenvalue weighted by Crippen LogP contribution is -2.46. The zero-order chi connectivity index (χ0) is 24.3. The minimum atomic E-state index is -4.39. The Labute approximate surface area is 199 Å². The maximum Gasteiger partial charge on any atom is 0.416 e. The average Bonchev–Trinajstić information content (AvgIpc) is 3.45. The Morgan fingerprint density at radius 1 is 1.06 bits per heavy atom. The Hall–Kier alpha value is -3.76. The molecule has 0 bridgehead atoms. The highest BCUT2D eigenvalue weighted by atomic mass is 19.4. The largest absolute Gasteiger partial charge is 0.416 e. The molecule has 1 aliphatic heterocycles. The number of fused-ring (bicyclic) bond motifs is 3.